The third-order valence-electron chi connectivity index (χ3n) is 2.21. The summed E-state index contributed by atoms with van der Waals surface area (Å²) in [6.45, 7) is 2.48. The number of hydrogen-bond donors (Lipinski definition) is 3. The van der Waals surface area contributed by atoms with Gasteiger partial charge < -0.3 is 20.3 Å². The van der Waals surface area contributed by atoms with Gasteiger partial charge in [-0.2, -0.15) is 0 Å². The monoisotopic (exact) mass is 211 g/mol. The maximum Gasteiger partial charge on any atom is 0.123 e. The molecule has 15 heavy (non-hydrogen) atoms. The fraction of sp³-hybridized carbons (Fsp3) is 0.455. The summed E-state index contributed by atoms with van der Waals surface area (Å²) in [5, 5.41) is 21.5. The molecule has 3 N–H and O–H groups in total. The molecule has 1 atom stereocenters. The van der Waals surface area contributed by atoms with Crippen molar-refractivity contribution in [3.63, 3.8) is 0 Å². The largest absolute Gasteiger partial charge is 0.507 e. The molecule has 0 fully saturated rings. The van der Waals surface area contributed by atoms with Crippen molar-refractivity contribution < 1.29 is 14.9 Å². The Morgan fingerprint density at radius 1 is 1.47 bits per heavy atom. The van der Waals surface area contributed by atoms with Crippen molar-refractivity contribution in [2.45, 2.75) is 19.5 Å². The number of aromatic hydroxyl groups is 1. The van der Waals surface area contributed by atoms with Crippen molar-refractivity contribution >= 4 is 0 Å². The average Bonchev–Trinajstić information content (AvgIpc) is 2.26. The summed E-state index contributed by atoms with van der Waals surface area (Å²) in [5.41, 5.74) is 0.788. The highest BCUT2D eigenvalue weighted by atomic mass is 16.5. The van der Waals surface area contributed by atoms with Crippen molar-refractivity contribution in [1.29, 1.82) is 0 Å². The van der Waals surface area contributed by atoms with E-state index in [1.807, 2.05) is 6.92 Å². The minimum Gasteiger partial charge on any atom is -0.507 e. The van der Waals surface area contributed by atoms with Gasteiger partial charge in [-0.05, 0) is 13.0 Å². The molecule has 4 nitrogen and oxygen atoms in total. The SMILES string of the molecule is COc1ccc(CN[C@H](C)CO)c(O)c1. The van der Waals surface area contributed by atoms with Crippen LogP contribution in [0.25, 0.3) is 0 Å². The lowest BCUT2D eigenvalue weighted by molar-refractivity contribution is 0.250. The standard InChI is InChI=1S/C11H17NO3/c1-8(7-13)12-6-9-3-4-10(15-2)5-11(9)14/h3-5,8,12-14H,6-7H2,1-2H3/t8-/m1/s1. The van der Waals surface area contributed by atoms with E-state index in [0.717, 1.165) is 5.56 Å². The summed E-state index contributed by atoms with van der Waals surface area (Å²) < 4.78 is 4.98. The number of nitrogens with one attached hydrogen (secondary N) is 1. The molecule has 0 radical (unpaired) electrons. The topological polar surface area (TPSA) is 61.7 Å². The normalized spacial score (nSPS) is 12.5. The molecule has 0 saturated carbocycles. The van der Waals surface area contributed by atoms with Crippen LogP contribution in [-0.4, -0.2) is 30.0 Å². The summed E-state index contributed by atoms with van der Waals surface area (Å²) >= 11 is 0. The van der Waals surface area contributed by atoms with Crippen LogP contribution in [0.3, 0.4) is 0 Å². The first-order chi connectivity index (χ1) is 7.17. The molecule has 0 aliphatic rings. The molecular weight excluding hydrogens is 194 g/mol. The van der Waals surface area contributed by atoms with Crippen LogP contribution in [0.2, 0.25) is 0 Å². The first kappa shape index (κ1) is 11.8. The Morgan fingerprint density at radius 3 is 2.73 bits per heavy atom. The van der Waals surface area contributed by atoms with Gasteiger partial charge in [-0.25, -0.2) is 0 Å². The second kappa shape index (κ2) is 5.58. The quantitative estimate of drug-likeness (QED) is 0.676. The van der Waals surface area contributed by atoms with Crippen LogP contribution in [0.15, 0.2) is 18.2 Å². The highest BCUT2D eigenvalue weighted by molar-refractivity contribution is 5.39. The zero-order valence-corrected chi connectivity index (χ0v) is 9.03. The van der Waals surface area contributed by atoms with Crippen LogP contribution in [-0.2, 0) is 6.54 Å². The van der Waals surface area contributed by atoms with E-state index in [1.165, 1.54) is 0 Å². The van der Waals surface area contributed by atoms with Gasteiger partial charge in [0, 0.05) is 24.2 Å². The third kappa shape index (κ3) is 3.42. The molecule has 1 aromatic rings. The van der Waals surface area contributed by atoms with Crippen LogP contribution in [0.5, 0.6) is 11.5 Å². The first-order valence-electron chi connectivity index (χ1n) is 4.87. The molecule has 0 heterocycles. The van der Waals surface area contributed by atoms with Gasteiger partial charge >= 0.3 is 0 Å². The molecular formula is C11H17NO3. The molecule has 0 unspecified atom stereocenters. The molecule has 0 saturated heterocycles. The van der Waals surface area contributed by atoms with Crippen LogP contribution in [0.1, 0.15) is 12.5 Å². The second-order valence-corrected chi connectivity index (χ2v) is 3.46. The van der Waals surface area contributed by atoms with E-state index in [1.54, 1.807) is 25.3 Å². The van der Waals surface area contributed by atoms with Crippen molar-refractivity contribution in [2.24, 2.45) is 0 Å². The fourth-order valence-corrected chi connectivity index (χ4v) is 1.17. The zero-order chi connectivity index (χ0) is 11.3. The van der Waals surface area contributed by atoms with Crippen LogP contribution in [0.4, 0.5) is 0 Å². The number of phenolic OH excluding ortho intramolecular Hbond substituents is 1. The lowest BCUT2D eigenvalue weighted by Crippen LogP contribution is -2.28. The van der Waals surface area contributed by atoms with Crippen molar-refractivity contribution in [3.05, 3.63) is 23.8 Å². The van der Waals surface area contributed by atoms with Gasteiger partial charge in [0.1, 0.15) is 11.5 Å². The molecule has 0 spiro atoms. The Morgan fingerprint density at radius 2 is 2.20 bits per heavy atom. The number of rotatable bonds is 5. The van der Waals surface area contributed by atoms with E-state index in [0.29, 0.717) is 12.3 Å². The number of methoxy groups -OCH3 is 1. The summed E-state index contributed by atoms with van der Waals surface area (Å²) in [7, 11) is 1.56. The minimum atomic E-state index is 0.0199. The van der Waals surface area contributed by atoms with E-state index in [9.17, 15) is 5.11 Å². The van der Waals surface area contributed by atoms with E-state index < -0.39 is 0 Å². The predicted molar refractivity (Wildman–Crippen MR) is 58.0 cm³/mol. The highest BCUT2D eigenvalue weighted by Gasteiger charge is 2.04. The Bertz CT molecular complexity index is 315. The lowest BCUT2D eigenvalue weighted by Gasteiger charge is -2.12. The van der Waals surface area contributed by atoms with Gasteiger partial charge in [0.15, 0.2) is 0 Å². The number of aliphatic hydroxyl groups excluding tert-OH is 1. The molecule has 0 bridgehead atoms. The highest BCUT2D eigenvalue weighted by Crippen LogP contribution is 2.23. The molecule has 0 aliphatic heterocycles. The van der Waals surface area contributed by atoms with E-state index >= 15 is 0 Å². The van der Waals surface area contributed by atoms with Gasteiger partial charge in [-0.1, -0.05) is 6.07 Å². The Kier molecular flexibility index (Phi) is 4.39. The third-order valence-corrected chi connectivity index (χ3v) is 2.21. The van der Waals surface area contributed by atoms with Gasteiger partial charge in [-0.3, -0.25) is 0 Å². The molecule has 84 valence electrons. The molecule has 1 rings (SSSR count). The van der Waals surface area contributed by atoms with Crippen LogP contribution < -0.4 is 10.1 Å². The zero-order valence-electron chi connectivity index (χ0n) is 9.03. The summed E-state index contributed by atoms with van der Waals surface area (Å²) in [5.74, 6) is 0.832. The van der Waals surface area contributed by atoms with Crippen molar-refractivity contribution in [1.82, 2.24) is 5.32 Å². The summed E-state index contributed by atoms with van der Waals surface area (Å²) in [6, 6.07) is 5.18. The number of aliphatic hydroxyl groups is 1. The van der Waals surface area contributed by atoms with E-state index in [4.69, 9.17) is 9.84 Å². The van der Waals surface area contributed by atoms with Crippen molar-refractivity contribution in [3.8, 4) is 11.5 Å². The maximum absolute atomic E-state index is 9.63. The Labute approximate surface area is 89.5 Å². The van der Waals surface area contributed by atoms with E-state index in [2.05, 4.69) is 5.32 Å². The predicted octanol–water partition coefficient (Wildman–Crippen LogP) is 0.871. The van der Waals surface area contributed by atoms with Gasteiger partial charge in [-0.15, -0.1) is 0 Å². The van der Waals surface area contributed by atoms with Gasteiger partial charge in [0.2, 0.25) is 0 Å². The van der Waals surface area contributed by atoms with E-state index in [-0.39, 0.29) is 18.4 Å². The maximum atomic E-state index is 9.63. The second-order valence-electron chi connectivity index (χ2n) is 3.46. The summed E-state index contributed by atoms with van der Waals surface area (Å²) in [4.78, 5) is 0. The van der Waals surface area contributed by atoms with Gasteiger partial charge in [0.05, 0.1) is 13.7 Å². The molecule has 4 heteroatoms. The molecule has 0 aliphatic carbocycles. The smallest absolute Gasteiger partial charge is 0.123 e. The number of phenols is 1. The minimum absolute atomic E-state index is 0.0199. The number of benzene rings is 1. The molecule has 0 amide bonds. The number of hydrogen-bond acceptors (Lipinski definition) is 4. The Hall–Kier alpha value is -1.26. The van der Waals surface area contributed by atoms with Crippen LogP contribution in [0, 0.1) is 0 Å². The fourth-order valence-electron chi connectivity index (χ4n) is 1.17. The van der Waals surface area contributed by atoms with Crippen LogP contribution >= 0.6 is 0 Å². The van der Waals surface area contributed by atoms with Gasteiger partial charge in [0.25, 0.3) is 0 Å². The molecule has 1 aromatic carbocycles. The average molecular weight is 211 g/mol. The number of ether oxygens (including phenoxy) is 1. The Balaban J connectivity index is 2.62. The summed E-state index contributed by atoms with van der Waals surface area (Å²) in [6.07, 6.45) is 0. The molecule has 0 aromatic heterocycles. The first-order valence-corrected chi connectivity index (χ1v) is 4.87. The van der Waals surface area contributed by atoms with Crippen molar-refractivity contribution in [2.75, 3.05) is 13.7 Å². The lowest BCUT2D eigenvalue weighted by atomic mass is 10.2.